The molecule has 0 bridgehead atoms. The van der Waals surface area contributed by atoms with Crippen molar-refractivity contribution >= 4 is 6.29 Å². The Hall–Kier alpha value is -1.38. The number of benzene rings is 1. The van der Waals surface area contributed by atoms with Gasteiger partial charge in [0.15, 0.2) is 12.4 Å². The van der Waals surface area contributed by atoms with Gasteiger partial charge in [0.05, 0.1) is 0 Å². The summed E-state index contributed by atoms with van der Waals surface area (Å²) in [6.07, 6.45) is 1.76. The van der Waals surface area contributed by atoms with Crippen molar-refractivity contribution in [2.24, 2.45) is 0 Å². The molecule has 1 atom stereocenters. The van der Waals surface area contributed by atoms with Crippen LogP contribution in [0.5, 0.6) is 5.75 Å². The molecular formula is C10H9FO2. The maximum absolute atomic E-state index is 12.7. The van der Waals surface area contributed by atoms with Crippen LogP contribution in [0.4, 0.5) is 4.39 Å². The number of fused-ring (bicyclic) bond motifs is 1. The topological polar surface area (TPSA) is 26.3 Å². The van der Waals surface area contributed by atoms with E-state index >= 15 is 0 Å². The van der Waals surface area contributed by atoms with Gasteiger partial charge in [0.25, 0.3) is 0 Å². The lowest BCUT2D eigenvalue weighted by Gasteiger charge is -2.21. The summed E-state index contributed by atoms with van der Waals surface area (Å²) in [4.78, 5) is 10.4. The van der Waals surface area contributed by atoms with Crippen molar-refractivity contribution in [2.45, 2.75) is 18.9 Å². The van der Waals surface area contributed by atoms with Crippen LogP contribution in [0, 0.1) is 5.82 Å². The Labute approximate surface area is 75.3 Å². The number of ether oxygens (including phenoxy) is 1. The van der Waals surface area contributed by atoms with Crippen LogP contribution >= 0.6 is 0 Å². The number of aldehydes is 1. The normalized spacial score (nSPS) is 20.2. The number of aryl methyl sites for hydroxylation is 1. The highest BCUT2D eigenvalue weighted by atomic mass is 19.1. The van der Waals surface area contributed by atoms with Crippen molar-refractivity contribution in [3.8, 4) is 5.75 Å². The molecule has 1 heterocycles. The van der Waals surface area contributed by atoms with E-state index in [0.29, 0.717) is 18.6 Å². The largest absolute Gasteiger partial charge is 0.483 e. The fraction of sp³-hybridized carbons (Fsp3) is 0.300. The molecule has 1 aliphatic heterocycles. The van der Waals surface area contributed by atoms with E-state index in [1.807, 2.05) is 0 Å². The highest BCUT2D eigenvalue weighted by molar-refractivity contribution is 5.58. The molecule has 13 heavy (non-hydrogen) atoms. The fourth-order valence-corrected chi connectivity index (χ4v) is 1.47. The minimum atomic E-state index is -0.363. The first-order chi connectivity index (χ1) is 6.29. The minimum Gasteiger partial charge on any atom is -0.483 e. The zero-order valence-corrected chi connectivity index (χ0v) is 7.00. The second-order valence-corrected chi connectivity index (χ2v) is 3.08. The molecule has 0 fully saturated rings. The standard InChI is InChI=1S/C10H9FO2/c11-8-2-4-10-7(5-8)1-3-9(6-12)13-10/h2,4-6,9H,1,3H2. The number of halogens is 1. The van der Waals surface area contributed by atoms with Crippen molar-refractivity contribution in [1.82, 2.24) is 0 Å². The van der Waals surface area contributed by atoms with E-state index in [2.05, 4.69) is 0 Å². The summed E-state index contributed by atoms with van der Waals surface area (Å²) in [6, 6.07) is 4.36. The lowest BCUT2D eigenvalue weighted by Crippen LogP contribution is -2.23. The molecule has 0 aromatic heterocycles. The van der Waals surface area contributed by atoms with E-state index in [1.54, 1.807) is 6.07 Å². The van der Waals surface area contributed by atoms with Crippen LogP contribution in [0.25, 0.3) is 0 Å². The molecule has 68 valence electrons. The van der Waals surface area contributed by atoms with Crippen LogP contribution in [0.3, 0.4) is 0 Å². The Morgan fingerprint density at radius 1 is 1.54 bits per heavy atom. The van der Waals surface area contributed by atoms with Gasteiger partial charge in [-0.15, -0.1) is 0 Å². The Kier molecular flexibility index (Phi) is 2.00. The Balaban J connectivity index is 2.31. The van der Waals surface area contributed by atoms with Crippen LogP contribution < -0.4 is 4.74 Å². The molecule has 0 N–H and O–H groups in total. The smallest absolute Gasteiger partial charge is 0.160 e. The molecule has 1 aromatic rings. The van der Waals surface area contributed by atoms with Crippen molar-refractivity contribution in [1.29, 1.82) is 0 Å². The van der Waals surface area contributed by atoms with Crippen LogP contribution in [0.15, 0.2) is 18.2 Å². The molecule has 0 amide bonds. The second kappa shape index (κ2) is 3.17. The average Bonchev–Trinajstić information content (AvgIpc) is 2.17. The van der Waals surface area contributed by atoms with Gasteiger partial charge in [0.1, 0.15) is 11.6 Å². The van der Waals surface area contributed by atoms with E-state index in [1.165, 1.54) is 12.1 Å². The van der Waals surface area contributed by atoms with Crippen LogP contribution in [0.1, 0.15) is 12.0 Å². The van der Waals surface area contributed by atoms with Gasteiger partial charge in [-0.3, -0.25) is 4.79 Å². The Morgan fingerprint density at radius 3 is 3.15 bits per heavy atom. The molecule has 1 unspecified atom stereocenters. The predicted molar refractivity (Wildman–Crippen MR) is 45.2 cm³/mol. The van der Waals surface area contributed by atoms with Crippen LogP contribution in [-0.4, -0.2) is 12.4 Å². The van der Waals surface area contributed by atoms with Crippen molar-refractivity contribution in [2.75, 3.05) is 0 Å². The summed E-state index contributed by atoms with van der Waals surface area (Å²) in [5.41, 5.74) is 0.845. The average molecular weight is 180 g/mol. The van der Waals surface area contributed by atoms with Gasteiger partial charge < -0.3 is 4.74 Å². The first-order valence-electron chi connectivity index (χ1n) is 4.20. The zero-order chi connectivity index (χ0) is 9.26. The molecule has 3 heteroatoms. The maximum Gasteiger partial charge on any atom is 0.160 e. The predicted octanol–water partition coefficient (Wildman–Crippen LogP) is 1.72. The first-order valence-corrected chi connectivity index (χ1v) is 4.20. The second-order valence-electron chi connectivity index (χ2n) is 3.08. The van der Waals surface area contributed by atoms with Gasteiger partial charge in [0.2, 0.25) is 0 Å². The van der Waals surface area contributed by atoms with Crippen LogP contribution in [-0.2, 0) is 11.2 Å². The number of hydrogen-bond donors (Lipinski definition) is 0. The third-order valence-corrected chi connectivity index (χ3v) is 2.15. The highest BCUT2D eigenvalue weighted by Crippen LogP contribution is 2.27. The molecule has 0 aliphatic carbocycles. The SMILES string of the molecule is O=CC1CCc2cc(F)ccc2O1. The van der Waals surface area contributed by atoms with Gasteiger partial charge in [-0.2, -0.15) is 0 Å². The summed E-state index contributed by atoms with van der Waals surface area (Å²) in [7, 11) is 0. The molecule has 1 aliphatic rings. The van der Waals surface area contributed by atoms with Gasteiger partial charge in [-0.1, -0.05) is 0 Å². The van der Waals surface area contributed by atoms with E-state index < -0.39 is 0 Å². The summed E-state index contributed by atoms with van der Waals surface area (Å²) >= 11 is 0. The van der Waals surface area contributed by atoms with Gasteiger partial charge in [0, 0.05) is 0 Å². The van der Waals surface area contributed by atoms with Gasteiger partial charge in [-0.25, -0.2) is 4.39 Å². The van der Waals surface area contributed by atoms with Crippen LogP contribution in [0.2, 0.25) is 0 Å². The highest BCUT2D eigenvalue weighted by Gasteiger charge is 2.18. The molecule has 0 radical (unpaired) electrons. The first kappa shape index (κ1) is 8.23. The number of hydrogen-bond acceptors (Lipinski definition) is 2. The van der Waals surface area contributed by atoms with E-state index in [9.17, 15) is 9.18 Å². The fourth-order valence-electron chi connectivity index (χ4n) is 1.47. The summed E-state index contributed by atoms with van der Waals surface area (Å²) in [5, 5.41) is 0. The molecule has 1 aromatic carbocycles. The molecule has 0 spiro atoms. The van der Waals surface area contributed by atoms with Crippen molar-refractivity contribution in [3.05, 3.63) is 29.6 Å². The number of carbonyl (C=O) groups excluding carboxylic acids is 1. The van der Waals surface area contributed by atoms with Gasteiger partial charge in [-0.05, 0) is 36.6 Å². The molecule has 0 saturated carbocycles. The molecule has 2 nitrogen and oxygen atoms in total. The van der Waals surface area contributed by atoms with Crippen molar-refractivity contribution in [3.63, 3.8) is 0 Å². The number of rotatable bonds is 1. The Bertz CT molecular complexity index is 336. The van der Waals surface area contributed by atoms with Crippen molar-refractivity contribution < 1.29 is 13.9 Å². The monoisotopic (exact) mass is 180 g/mol. The Morgan fingerprint density at radius 2 is 2.38 bits per heavy atom. The summed E-state index contributed by atoms with van der Waals surface area (Å²) in [6.45, 7) is 0. The molecule has 2 rings (SSSR count). The maximum atomic E-state index is 12.7. The van der Waals surface area contributed by atoms with Gasteiger partial charge >= 0.3 is 0 Å². The minimum absolute atomic E-state index is 0.257. The lowest BCUT2D eigenvalue weighted by atomic mass is 10.0. The molecular weight excluding hydrogens is 171 g/mol. The molecule has 0 saturated heterocycles. The third kappa shape index (κ3) is 1.54. The van der Waals surface area contributed by atoms with E-state index in [0.717, 1.165) is 11.8 Å². The third-order valence-electron chi connectivity index (χ3n) is 2.15. The quantitative estimate of drug-likeness (QED) is 0.615. The van der Waals surface area contributed by atoms with E-state index in [-0.39, 0.29) is 11.9 Å². The zero-order valence-electron chi connectivity index (χ0n) is 7.00. The lowest BCUT2D eigenvalue weighted by molar-refractivity contribution is -0.114. The van der Waals surface area contributed by atoms with E-state index in [4.69, 9.17) is 4.74 Å². The summed E-state index contributed by atoms with van der Waals surface area (Å²) in [5.74, 6) is 0.372. The number of carbonyl (C=O) groups is 1. The summed E-state index contributed by atoms with van der Waals surface area (Å²) < 4.78 is 18.0.